The first-order chi connectivity index (χ1) is 12.6. The van der Waals surface area contributed by atoms with Crippen molar-refractivity contribution < 1.29 is 14.1 Å². The van der Waals surface area contributed by atoms with Crippen LogP contribution in [0.1, 0.15) is 5.69 Å². The third-order valence-corrected chi connectivity index (χ3v) is 4.76. The number of carbonyl (C=O) groups excluding carboxylic acids is 1. The largest absolute Gasteiger partial charge is 0.466 e. The minimum Gasteiger partial charge on any atom is -0.466 e. The lowest BCUT2D eigenvalue weighted by atomic mass is 10.1. The van der Waals surface area contributed by atoms with Crippen LogP contribution in [0.25, 0.3) is 17.4 Å². The third kappa shape index (κ3) is 4.52. The summed E-state index contributed by atoms with van der Waals surface area (Å²) in [6, 6.07) is 9.17. The molecule has 0 unspecified atom stereocenters. The van der Waals surface area contributed by atoms with E-state index in [1.54, 1.807) is 18.2 Å². The molecule has 138 valence electrons. The normalized spacial score (nSPS) is 16.7. The predicted molar refractivity (Wildman–Crippen MR) is 101 cm³/mol. The number of carbonyl (C=O) groups is 1. The van der Waals surface area contributed by atoms with Crippen molar-refractivity contribution in [3.8, 4) is 11.3 Å². The van der Waals surface area contributed by atoms with Crippen molar-refractivity contribution >= 4 is 23.6 Å². The van der Waals surface area contributed by atoms with Gasteiger partial charge in [-0.2, -0.15) is 0 Å². The summed E-state index contributed by atoms with van der Waals surface area (Å²) in [4.78, 5) is 16.7. The lowest BCUT2D eigenvalue weighted by molar-refractivity contribution is -0.136. The number of halogens is 1. The molecule has 1 aromatic carbocycles. The molecule has 1 aliphatic heterocycles. The Morgan fingerprint density at radius 2 is 2.04 bits per heavy atom. The SMILES string of the molecule is COC(=O)C(=Cc1cc(-c2ccccc2Cl)on1)CN1CCN(C)CC1. The maximum absolute atomic E-state index is 12.2. The Kier molecular flexibility index (Phi) is 6.08. The van der Waals surface area contributed by atoms with Gasteiger partial charge in [0.15, 0.2) is 5.76 Å². The summed E-state index contributed by atoms with van der Waals surface area (Å²) >= 11 is 6.20. The van der Waals surface area contributed by atoms with Crippen LogP contribution in [0.5, 0.6) is 0 Å². The van der Waals surface area contributed by atoms with Gasteiger partial charge in [-0.25, -0.2) is 4.79 Å². The first-order valence-corrected chi connectivity index (χ1v) is 8.86. The summed E-state index contributed by atoms with van der Waals surface area (Å²) in [7, 11) is 3.48. The third-order valence-electron chi connectivity index (χ3n) is 4.43. The number of methoxy groups -OCH3 is 1. The highest BCUT2D eigenvalue weighted by atomic mass is 35.5. The molecule has 2 aromatic rings. The van der Waals surface area contributed by atoms with Gasteiger partial charge in [0.2, 0.25) is 0 Å². The number of hydrogen-bond donors (Lipinski definition) is 0. The zero-order valence-electron chi connectivity index (χ0n) is 14.9. The maximum Gasteiger partial charge on any atom is 0.335 e. The van der Waals surface area contributed by atoms with Gasteiger partial charge in [0.1, 0.15) is 5.69 Å². The highest BCUT2D eigenvalue weighted by Crippen LogP contribution is 2.28. The van der Waals surface area contributed by atoms with Crippen molar-refractivity contribution in [3.63, 3.8) is 0 Å². The van der Waals surface area contributed by atoms with Crippen molar-refractivity contribution in [2.24, 2.45) is 0 Å². The van der Waals surface area contributed by atoms with Gasteiger partial charge in [0.05, 0.1) is 17.7 Å². The van der Waals surface area contributed by atoms with Gasteiger partial charge in [-0.05, 0) is 25.3 Å². The van der Waals surface area contributed by atoms with E-state index in [0.29, 0.717) is 28.6 Å². The fourth-order valence-corrected chi connectivity index (χ4v) is 3.10. The number of ether oxygens (including phenoxy) is 1. The van der Waals surface area contributed by atoms with Gasteiger partial charge in [0, 0.05) is 44.4 Å². The molecule has 2 heterocycles. The first-order valence-electron chi connectivity index (χ1n) is 8.48. The Balaban J connectivity index is 1.80. The lowest BCUT2D eigenvalue weighted by Gasteiger charge is -2.32. The number of nitrogens with zero attached hydrogens (tertiary/aromatic N) is 3. The van der Waals surface area contributed by atoms with E-state index in [9.17, 15) is 4.79 Å². The molecule has 1 aliphatic rings. The number of likely N-dealkylation sites (N-methyl/N-ethyl adjacent to an activating group) is 1. The second-order valence-electron chi connectivity index (χ2n) is 6.34. The van der Waals surface area contributed by atoms with E-state index >= 15 is 0 Å². The number of piperazine rings is 1. The van der Waals surface area contributed by atoms with Gasteiger partial charge < -0.3 is 14.2 Å². The van der Waals surface area contributed by atoms with Crippen LogP contribution < -0.4 is 0 Å². The highest BCUT2D eigenvalue weighted by Gasteiger charge is 2.19. The molecule has 1 fully saturated rings. The molecule has 3 rings (SSSR count). The number of benzene rings is 1. The molecule has 26 heavy (non-hydrogen) atoms. The molecule has 0 spiro atoms. The lowest BCUT2D eigenvalue weighted by Crippen LogP contribution is -2.45. The minimum atomic E-state index is -0.355. The second kappa shape index (κ2) is 8.49. The van der Waals surface area contributed by atoms with Gasteiger partial charge in [-0.3, -0.25) is 4.90 Å². The van der Waals surface area contributed by atoms with Crippen LogP contribution in [-0.2, 0) is 9.53 Å². The van der Waals surface area contributed by atoms with Crippen LogP contribution in [0.3, 0.4) is 0 Å². The molecule has 0 aliphatic carbocycles. The second-order valence-corrected chi connectivity index (χ2v) is 6.74. The summed E-state index contributed by atoms with van der Waals surface area (Å²) < 4.78 is 10.3. The zero-order valence-corrected chi connectivity index (χ0v) is 15.7. The van der Waals surface area contributed by atoms with Gasteiger partial charge in [-0.15, -0.1) is 0 Å². The van der Waals surface area contributed by atoms with E-state index in [1.807, 2.05) is 18.2 Å². The topological polar surface area (TPSA) is 58.8 Å². The standard InChI is InChI=1S/C19H22ClN3O3/c1-22-7-9-23(10-8-22)13-14(19(24)25-2)11-15-12-18(26-21-15)16-5-3-4-6-17(16)20/h3-6,11-12H,7-10,13H2,1-2H3. The van der Waals surface area contributed by atoms with E-state index < -0.39 is 0 Å². The van der Waals surface area contributed by atoms with Gasteiger partial charge in [0.25, 0.3) is 0 Å². The average Bonchev–Trinajstić information content (AvgIpc) is 3.11. The highest BCUT2D eigenvalue weighted by molar-refractivity contribution is 6.33. The van der Waals surface area contributed by atoms with E-state index in [0.717, 1.165) is 31.7 Å². The summed E-state index contributed by atoms with van der Waals surface area (Å²) in [6.07, 6.45) is 1.72. The molecule has 6 nitrogen and oxygen atoms in total. The number of esters is 1. The Hall–Kier alpha value is -2.15. The van der Waals surface area contributed by atoms with Crippen molar-refractivity contribution in [1.29, 1.82) is 0 Å². The molecule has 0 saturated carbocycles. The molecule has 1 saturated heterocycles. The number of rotatable bonds is 5. The van der Waals surface area contributed by atoms with Crippen LogP contribution in [0.15, 0.2) is 40.4 Å². The van der Waals surface area contributed by atoms with E-state index in [1.165, 1.54) is 7.11 Å². The summed E-state index contributed by atoms with van der Waals surface area (Å²) in [5.41, 5.74) is 1.88. The molecule has 0 amide bonds. The molecule has 7 heteroatoms. The van der Waals surface area contributed by atoms with Crippen LogP contribution in [0.2, 0.25) is 5.02 Å². The molecule has 1 aromatic heterocycles. The summed E-state index contributed by atoms with van der Waals surface area (Å²) in [5.74, 6) is 0.205. The smallest absolute Gasteiger partial charge is 0.335 e. The van der Waals surface area contributed by atoms with Crippen LogP contribution in [0.4, 0.5) is 0 Å². The fraction of sp³-hybridized carbons (Fsp3) is 0.368. The average molecular weight is 376 g/mol. The summed E-state index contributed by atoms with van der Waals surface area (Å²) in [6.45, 7) is 4.31. The van der Waals surface area contributed by atoms with E-state index in [2.05, 4.69) is 22.0 Å². The van der Waals surface area contributed by atoms with E-state index in [-0.39, 0.29) is 5.97 Å². The minimum absolute atomic E-state index is 0.355. The molecule has 0 bridgehead atoms. The maximum atomic E-state index is 12.2. The predicted octanol–water partition coefficient (Wildman–Crippen LogP) is 2.80. The van der Waals surface area contributed by atoms with Crippen molar-refractivity contribution in [3.05, 3.63) is 46.6 Å². The number of hydrogen-bond acceptors (Lipinski definition) is 6. The molecule has 0 N–H and O–H groups in total. The Morgan fingerprint density at radius 3 is 2.73 bits per heavy atom. The Morgan fingerprint density at radius 1 is 1.31 bits per heavy atom. The summed E-state index contributed by atoms with van der Waals surface area (Å²) in [5, 5.41) is 4.64. The van der Waals surface area contributed by atoms with E-state index in [4.69, 9.17) is 20.9 Å². The van der Waals surface area contributed by atoms with Gasteiger partial charge >= 0.3 is 5.97 Å². The van der Waals surface area contributed by atoms with Crippen LogP contribution >= 0.6 is 11.6 Å². The Labute approximate surface area is 158 Å². The molecule has 0 radical (unpaired) electrons. The van der Waals surface area contributed by atoms with Crippen molar-refractivity contribution in [2.45, 2.75) is 0 Å². The van der Waals surface area contributed by atoms with Crippen LogP contribution in [-0.4, -0.2) is 67.8 Å². The monoisotopic (exact) mass is 375 g/mol. The molecular weight excluding hydrogens is 354 g/mol. The first kappa shape index (κ1) is 18.6. The van der Waals surface area contributed by atoms with Crippen LogP contribution in [0, 0.1) is 0 Å². The fourth-order valence-electron chi connectivity index (χ4n) is 2.87. The van der Waals surface area contributed by atoms with Gasteiger partial charge in [-0.1, -0.05) is 28.9 Å². The van der Waals surface area contributed by atoms with Crippen molar-refractivity contribution in [1.82, 2.24) is 15.0 Å². The quantitative estimate of drug-likeness (QED) is 0.591. The molecule has 0 atom stereocenters. The molecular formula is C19H22ClN3O3. The Bertz CT molecular complexity index is 795. The van der Waals surface area contributed by atoms with Crippen molar-refractivity contribution in [2.75, 3.05) is 46.9 Å². The zero-order chi connectivity index (χ0) is 18.5. The number of aromatic nitrogens is 1.